The Kier molecular flexibility index (Phi) is 11.6. The number of ether oxygens (including phenoxy) is 1. The number of anilines is 1. The molecule has 1 saturated carbocycles. The van der Waals surface area contributed by atoms with Gasteiger partial charge in [0.05, 0.1) is 22.3 Å². The first-order chi connectivity index (χ1) is 23.3. The fraction of sp³-hybridized carbons (Fsp3) is 0.649. The van der Waals surface area contributed by atoms with Gasteiger partial charge in [0.2, 0.25) is 20.0 Å². The summed E-state index contributed by atoms with van der Waals surface area (Å²) in [6.45, 7) is 10.3. The number of sulfonamides is 2. The number of carbonyl (C=O) groups is 1. The summed E-state index contributed by atoms with van der Waals surface area (Å²) in [4.78, 5) is 15.7. The molecular formula is C37H54ClN3O7S2. The third-order valence-corrected chi connectivity index (χ3v) is 15.8. The van der Waals surface area contributed by atoms with E-state index in [-0.39, 0.29) is 36.3 Å². The highest BCUT2D eigenvalue weighted by Gasteiger charge is 2.50. The highest BCUT2D eigenvalue weighted by molar-refractivity contribution is 7.90. The second-order valence-corrected chi connectivity index (χ2v) is 20.3. The van der Waals surface area contributed by atoms with E-state index in [0.717, 1.165) is 36.8 Å². The van der Waals surface area contributed by atoms with Gasteiger partial charge in [0.25, 0.3) is 5.91 Å². The zero-order valence-corrected chi connectivity index (χ0v) is 32.6. The van der Waals surface area contributed by atoms with Gasteiger partial charge in [-0.15, -0.1) is 0 Å². The van der Waals surface area contributed by atoms with Crippen molar-refractivity contribution in [2.24, 2.45) is 17.8 Å². The van der Waals surface area contributed by atoms with Gasteiger partial charge in [-0.1, -0.05) is 31.0 Å². The van der Waals surface area contributed by atoms with Crippen molar-refractivity contribution >= 4 is 43.2 Å². The number of hydrogen-bond donors (Lipinski definition) is 2. The lowest BCUT2D eigenvalue weighted by molar-refractivity contribution is -0.0724. The smallest absolute Gasteiger partial charge is 0.264 e. The molecule has 13 heteroatoms. The van der Waals surface area contributed by atoms with Gasteiger partial charge in [-0.2, -0.15) is 4.31 Å². The summed E-state index contributed by atoms with van der Waals surface area (Å²) in [6, 6.07) is 10.8. The molecule has 50 heavy (non-hydrogen) atoms. The maximum Gasteiger partial charge on any atom is 0.264 e. The van der Waals surface area contributed by atoms with Crippen LogP contribution in [0.1, 0.15) is 101 Å². The average Bonchev–Trinajstić information content (AvgIpc) is 3.03. The maximum absolute atomic E-state index is 13.8. The van der Waals surface area contributed by atoms with E-state index in [1.165, 1.54) is 4.31 Å². The molecule has 1 fully saturated rings. The summed E-state index contributed by atoms with van der Waals surface area (Å²) in [5.41, 5.74) is 0.828. The van der Waals surface area contributed by atoms with Crippen LogP contribution in [-0.2, 0) is 33.1 Å². The minimum atomic E-state index is -4.05. The molecule has 2 aliphatic heterocycles. The predicted molar refractivity (Wildman–Crippen MR) is 199 cm³/mol. The molecule has 5 atom stereocenters. The third kappa shape index (κ3) is 8.62. The van der Waals surface area contributed by atoms with Crippen LogP contribution in [0, 0.1) is 17.8 Å². The monoisotopic (exact) mass is 751 g/mol. The Labute approximate surface area is 304 Å². The molecule has 2 heterocycles. The van der Waals surface area contributed by atoms with E-state index in [9.17, 15) is 26.7 Å². The molecule has 1 amide bonds. The molecule has 0 unspecified atom stereocenters. The van der Waals surface area contributed by atoms with Crippen molar-refractivity contribution in [2.75, 3.05) is 30.8 Å². The second kappa shape index (κ2) is 14.9. The number of carbonyl (C=O) groups excluding carboxylic acids is 1. The third-order valence-electron chi connectivity index (χ3n) is 11.4. The molecular weight excluding hydrogens is 698 g/mol. The average molecular weight is 752 g/mol. The SMILES string of the molecule is C[C@@H]1[C@@H](C)CCC[C@](O)(CS(=O)(=O)N(C)C(C)(C)C)[C@@H]2CC[C@H]2CN2CCCCc3cc(Cl)ccc3COc3ccc(cc32)C(=O)NS1(=O)=O. The maximum atomic E-state index is 13.8. The van der Waals surface area contributed by atoms with Crippen molar-refractivity contribution in [1.29, 1.82) is 0 Å². The lowest BCUT2D eigenvalue weighted by Crippen LogP contribution is -2.57. The number of aryl methyl sites for hydroxylation is 1. The highest BCUT2D eigenvalue weighted by atomic mass is 35.5. The van der Waals surface area contributed by atoms with Gasteiger partial charge < -0.3 is 14.7 Å². The number of aliphatic hydroxyl groups is 1. The number of halogens is 1. The Morgan fingerprint density at radius 3 is 2.48 bits per heavy atom. The summed E-state index contributed by atoms with van der Waals surface area (Å²) < 4.78 is 64.6. The first-order valence-corrected chi connectivity index (χ1v) is 21.4. The Morgan fingerprint density at radius 1 is 1.06 bits per heavy atom. The Hall–Kier alpha value is -2.38. The molecule has 0 spiro atoms. The molecule has 0 aromatic heterocycles. The molecule has 0 radical (unpaired) electrons. The van der Waals surface area contributed by atoms with Crippen LogP contribution in [0.2, 0.25) is 5.02 Å². The van der Waals surface area contributed by atoms with Crippen LogP contribution in [0.15, 0.2) is 36.4 Å². The molecule has 10 nitrogen and oxygen atoms in total. The first-order valence-electron chi connectivity index (χ1n) is 17.8. The van der Waals surface area contributed by atoms with E-state index < -0.39 is 48.1 Å². The molecule has 3 aliphatic rings. The van der Waals surface area contributed by atoms with E-state index in [1.807, 2.05) is 45.9 Å². The van der Waals surface area contributed by atoms with E-state index in [1.54, 1.807) is 32.2 Å². The summed E-state index contributed by atoms with van der Waals surface area (Å²) in [5.74, 6) is -1.19. The molecule has 5 rings (SSSR count). The zero-order chi connectivity index (χ0) is 36.6. The van der Waals surface area contributed by atoms with Gasteiger partial charge in [0.15, 0.2) is 0 Å². The molecule has 2 bridgehead atoms. The number of nitrogens with one attached hydrogen (secondary N) is 1. The van der Waals surface area contributed by atoms with Gasteiger partial charge in [0, 0.05) is 36.3 Å². The summed E-state index contributed by atoms with van der Waals surface area (Å²) >= 11 is 6.35. The van der Waals surface area contributed by atoms with E-state index in [4.69, 9.17) is 16.3 Å². The van der Waals surface area contributed by atoms with E-state index in [2.05, 4.69) is 9.62 Å². The molecule has 0 saturated heterocycles. The number of amides is 1. The fourth-order valence-corrected chi connectivity index (χ4v) is 11.1. The quantitative estimate of drug-likeness (QED) is 0.382. The standard InChI is InChI=1S/C37H54ClN3O7S2/c1-25-10-9-18-37(43,24-49(44,45)40(6)36(3,4)5)32-16-13-29(32)22-41-19-8-7-11-27-20-31(38)15-12-30(27)23-48-34-17-14-28(21-33(34)41)35(42)39-50(46,47)26(25)2/h12,14-15,17,20-21,25-26,29,32,43H,7-11,13,16,18-19,22-24H2,1-6H3,(H,39,42)/t25-,26+,29-,32+,37-/m0/s1. The number of hydrogen-bond acceptors (Lipinski definition) is 8. The number of fused-ring (bicyclic) bond motifs is 3. The summed E-state index contributed by atoms with van der Waals surface area (Å²) in [7, 11) is -6.34. The molecule has 2 N–H and O–H groups in total. The van der Waals surface area contributed by atoms with Crippen LogP contribution in [0.3, 0.4) is 0 Å². The van der Waals surface area contributed by atoms with Crippen LogP contribution < -0.4 is 14.4 Å². The van der Waals surface area contributed by atoms with Crippen LogP contribution >= 0.6 is 11.6 Å². The molecule has 278 valence electrons. The van der Waals surface area contributed by atoms with Crippen molar-refractivity contribution in [3.05, 3.63) is 58.1 Å². The molecule has 2 aromatic carbocycles. The van der Waals surface area contributed by atoms with Gasteiger partial charge in [-0.3, -0.25) is 4.79 Å². The van der Waals surface area contributed by atoms with Crippen molar-refractivity contribution in [3.63, 3.8) is 0 Å². The first kappa shape index (κ1) is 38.8. The summed E-state index contributed by atoms with van der Waals surface area (Å²) in [5, 5.41) is 12.3. The predicted octanol–water partition coefficient (Wildman–Crippen LogP) is 6.15. The highest BCUT2D eigenvalue weighted by Crippen LogP contribution is 2.47. The minimum absolute atomic E-state index is 0.00811. The van der Waals surface area contributed by atoms with Crippen molar-refractivity contribution < 1.29 is 31.5 Å². The fourth-order valence-electron chi connectivity index (χ4n) is 7.60. The lowest BCUT2D eigenvalue weighted by atomic mass is 9.63. The van der Waals surface area contributed by atoms with Gasteiger partial charge >= 0.3 is 0 Å². The topological polar surface area (TPSA) is 133 Å². The number of rotatable bonds is 3. The zero-order valence-electron chi connectivity index (χ0n) is 30.2. The van der Waals surface area contributed by atoms with Crippen molar-refractivity contribution in [3.8, 4) is 5.75 Å². The van der Waals surface area contributed by atoms with Gasteiger partial charge in [0.1, 0.15) is 12.4 Å². The Balaban J connectivity index is 1.57. The van der Waals surface area contributed by atoms with E-state index >= 15 is 0 Å². The van der Waals surface area contributed by atoms with Crippen molar-refractivity contribution in [2.45, 2.75) is 109 Å². The number of benzene rings is 2. The Bertz CT molecular complexity index is 1780. The van der Waals surface area contributed by atoms with Crippen LogP contribution in [0.25, 0.3) is 0 Å². The second-order valence-electron chi connectivity index (χ2n) is 15.8. The molecule has 1 aliphatic carbocycles. The van der Waals surface area contributed by atoms with Crippen LogP contribution in [-0.4, -0.2) is 74.4 Å². The van der Waals surface area contributed by atoms with Crippen LogP contribution in [0.5, 0.6) is 5.75 Å². The van der Waals surface area contributed by atoms with E-state index in [0.29, 0.717) is 48.8 Å². The van der Waals surface area contributed by atoms with Gasteiger partial charge in [-0.25, -0.2) is 21.6 Å². The summed E-state index contributed by atoms with van der Waals surface area (Å²) in [6.07, 6.45) is 5.13. The van der Waals surface area contributed by atoms with Gasteiger partial charge in [-0.05, 0) is 132 Å². The normalized spacial score (nSPS) is 28.3. The Morgan fingerprint density at radius 2 is 1.80 bits per heavy atom. The largest absolute Gasteiger partial charge is 0.487 e. The molecule has 2 aromatic rings. The lowest BCUT2D eigenvalue weighted by Gasteiger charge is -2.50. The number of nitrogens with zero attached hydrogens (tertiary/aromatic N) is 2. The van der Waals surface area contributed by atoms with Crippen molar-refractivity contribution in [1.82, 2.24) is 9.03 Å². The minimum Gasteiger partial charge on any atom is -0.487 e. The van der Waals surface area contributed by atoms with Crippen LogP contribution in [0.4, 0.5) is 5.69 Å².